The molecule has 0 fully saturated rings. The van der Waals surface area contributed by atoms with Crippen molar-refractivity contribution in [1.29, 1.82) is 0 Å². The number of carbonyl (C=O) groups excluding carboxylic acids is 1. The van der Waals surface area contributed by atoms with Crippen molar-refractivity contribution in [3.05, 3.63) is 76.7 Å². The minimum absolute atomic E-state index is 0.0147. The van der Waals surface area contributed by atoms with Gasteiger partial charge in [-0.25, -0.2) is 14.4 Å². The molecule has 2 rings (SSSR count). The number of rotatable bonds is 10. The SMILES string of the molecule is O=NN(CC(NC(=O)OCc1ccccc1)C(=O)O)OCc1ccccc1. The number of carboxylic acids is 1. The van der Waals surface area contributed by atoms with Gasteiger partial charge in [-0.1, -0.05) is 60.7 Å². The highest BCUT2D eigenvalue weighted by molar-refractivity contribution is 5.80. The molecular formula is C18H19N3O6. The number of alkyl carbamates (subject to hydrolysis) is 1. The van der Waals surface area contributed by atoms with E-state index in [4.69, 9.17) is 9.57 Å². The summed E-state index contributed by atoms with van der Waals surface area (Å²) in [5.41, 5.74) is 1.52. The molecule has 1 amide bonds. The standard InChI is InChI=1S/C18H19N3O6/c22-17(23)16(19-18(24)26-12-14-7-3-1-4-8-14)11-21(20-25)27-13-15-9-5-2-6-10-15/h1-10,16H,11-13H2,(H,19,24)(H,22,23). The minimum atomic E-state index is -1.44. The summed E-state index contributed by atoms with van der Waals surface area (Å²) < 4.78 is 4.97. The molecule has 0 aliphatic rings. The lowest BCUT2D eigenvalue weighted by Gasteiger charge is -2.20. The van der Waals surface area contributed by atoms with Crippen molar-refractivity contribution in [2.24, 2.45) is 5.29 Å². The summed E-state index contributed by atoms with van der Waals surface area (Å²) in [5, 5.41) is 14.6. The van der Waals surface area contributed by atoms with E-state index in [-0.39, 0.29) is 13.2 Å². The number of nitrogens with zero attached hydrogens (tertiary/aromatic N) is 2. The van der Waals surface area contributed by atoms with Crippen LogP contribution in [0.2, 0.25) is 0 Å². The first-order valence-electron chi connectivity index (χ1n) is 8.06. The van der Waals surface area contributed by atoms with Gasteiger partial charge >= 0.3 is 12.1 Å². The highest BCUT2D eigenvalue weighted by Crippen LogP contribution is 2.05. The second-order valence-electron chi connectivity index (χ2n) is 5.47. The fraction of sp³-hybridized carbons (Fsp3) is 0.222. The van der Waals surface area contributed by atoms with Gasteiger partial charge in [0, 0.05) is 0 Å². The van der Waals surface area contributed by atoms with E-state index in [0.29, 0.717) is 5.17 Å². The largest absolute Gasteiger partial charge is 0.480 e. The number of carboxylic acid groups (broad SMARTS) is 1. The predicted octanol–water partition coefficient (Wildman–Crippen LogP) is 2.48. The number of ether oxygens (including phenoxy) is 1. The number of hydrogen-bond donors (Lipinski definition) is 2. The summed E-state index contributed by atoms with van der Waals surface area (Å²) in [6.07, 6.45) is -0.930. The van der Waals surface area contributed by atoms with Gasteiger partial charge in [0.1, 0.15) is 13.2 Å². The Labute approximate surface area is 155 Å². The summed E-state index contributed by atoms with van der Waals surface area (Å²) in [6.45, 7) is -0.470. The van der Waals surface area contributed by atoms with Crippen LogP contribution in [0.15, 0.2) is 65.9 Å². The number of amides is 1. The smallest absolute Gasteiger partial charge is 0.408 e. The molecule has 9 nitrogen and oxygen atoms in total. The van der Waals surface area contributed by atoms with Gasteiger partial charge in [-0.2, -0.15) is 0 Å². The molecule has 0 spiro atoms. The maximum absolute atomic E-state index is 11.8. The van der Waals surface area contributed by atoms with E-state index >= 15 is 0 Å². The number of nitrogens with one attached hydrogen (secondary N) is 1. The van der Waals surface area contributed by atoms with Crippen molar-refractivity contribution in [3.8, 4) is 0 Å². The summed E-state index contributed by atoms with van der Waals surface area (Å²) in [7, 11) is 0. The Balaban J connectivity index is 1.84. The lowest BCUT2D eigenvalue weighted by Crippen LogP contribution is -2.47. The van der Waals surface area contributed by atoms with E-state index in [1.54, 1.807) is 48.5 Å². The number of carbonyl (C=O) groups is 2. The zero-order valence-corrected chi connectivity index (χ0v) is 14.4. The average Bonchev–Trinajstić information content (AvgIpc) is 2.70. The van der Waals surface area contributed by atoms with Crippen molar-refractivity contribution in [3.63, 3.8) is 0 Å². The van der Waals surface area contributed by atoms with Gasteiger partial charge < -0.3 is 15.2 Å². The third-order valence-corrected chi connectivity index (χ3v) is 3.46. The van der Waals surface area contributed by atoms with Crippen LogP contribution >= 0.6 is 0 Å². The van der Waals surface area contributed by atoms with Crippen LogP contribution in [0.3, 0.4) is 0 Å². The fourth-order valence-electron chi connectivity index (χ4n) is 2.08. The Hall–Kier alpha value is -3.46. The molecule has 0 aliphatic heterocycles. The maximum atomic E-state index is 11.8. The molecule has 0 heterocycles. The molecule has 0 saturated carbocycles. The van der Waals surface area contributed by atoms with Crippen LogP contribution in [-0.4, -0.2) is 34.9 Å². The molecule has 1 unspecified atom stereocenters. The first kappa shape index (κ1) is 19.9. The Morgan fingerprint density at radius 1 is 1.00 bits per heavy atom. The quantitative estimate of drug-likeness (QED) is 0.485. The number of benzene rings is 2. The van der Waals surface area contributed by atoms with E-state index in [1.165, 1.54) is 0 Å². The zero-order chi connectivity index (χ0) is 19.5. The molecular weight excluding hydrogens is 354 g/mol. The van der Waals surface area contributed by atoms with Crippen LogP contribution in [0.5, 0.6) is 0 Å². The minimum Gasteiger partial charge on any atom is -0.480 e. The van der Waals surface area contributed by atoms with Gasteiger partial charge in [0.25, 0.3) is 0 Å². The van der Waals surface area contributed by atoms with Gasteiger partial charge in [-0.15, -0.1) is 10.1 Å². The molecule has 142 valence electrons. The van der Waals surface area contributed by atoms with Gasteiger partial charge in [-0.3, -0.25) is 0 Å². The highest BCUT2D eigenvalue weighted by atomic mass is 16.7. The van der Waals surface area contributed by atoms with Crippen molar-refractivity contribution in [2.75, 3.05) is 6.54 Å². The molecule has 0 aliphatic carbocycles. The first-order chi connectivity index (χ1) is 13.1. The van der Waals surface area contributed by atoms with Gasteiger partial charge in [0.2, 0.25) is 0 Å². The normalized spacial score (nSPS) is 11.3. The Morgan fingerprint density at radius 2 is 1.56 bits per heavy atom. The van der Waals surface area contributed by atoms with Crippen LogP contribution in [0, 0.1) is 4.91 Å². The summed E-state index contributed by atoms with van der Waals surface area (Å²) in [4.78, 5) is 39.2. The highest BCUT2D eigenvalue weighted by Gasteiger charge is 2.25. The van der Waals surface area contributed by atoms with E-state index in [2.05, 4.69) is 10.6 Å². The third-order valence-electron chi connectivity index (χ3n) is 3.46. The fourth-order valence-corrected chi connectivity index (χ4v) is 2.08. The van der Waals surface area contributed by atoms with Crippen LogP contribution in [0.1, 0.15) is 11.1 Å². The molecule has 0 saturated heterocycles. The monoisotopic (exact) mass is 373 g/mol. The van der Waals surface area contributed by atoms with Gasteiger partial charge in [0.05, 0.1) is 11.8 Å². The number of hydrogen-bond acceptors (Lipinski definition) is 6. The van der Waals surface area contributed by atoms with E-state index in [1.807, 2.05) is 12.1 Å². The summed E-state index contributed by atoms with van der Waals surface area (Å²) >= 11 is 0. The molecule has 2 aromatic rings. The van der Waals surface area contributed by atoms with Crippen molar-refractivity contribution < 1.29 is 24.3 Å². The number of aliphatic carboxylic acids is 1. The maximum Gasteiger partial charge on any atom is 0.408 e. The second-order valence-corrected chi connectivity index (χ2v) is 5.47. The van der Waals surface area contributed by atoms with Gasteiger partial charge in [0.15, 0.2) is 6.04 Å². The third kappa shape index (κ3) is 7.12. The summed E-state index contributed by atoms with van der Waals surface area (Å²) in [6, 6.07) is 16.4. The molecule has 2 N–H and O–H groups in total. The summed E-state index contributed by atoms with van der Waals surface area (Å²) in [5.74, 6) is -1.36. The lowest BCUT2D eigenvalue weighted by atomic mass is 10.2. The van der Waals surface area contributed by atoms with Crippen molar-refractivity contribution in [2.45, 2.75) is 19.3 Å². The van der Waals surface area contributed by atoms with Crippen molar-refractivity contribution >= 4 is 12.1 Å². The Morgan fingerprint density at radius 3 is 2.07 bits per heavy atom. The lowest BCUT2D eigenvalue weighted by molar-refractivity contribution is -0.179. The van der Waals surface area contributed by atoms with Crippen molar-refractivity contribution in [1.82, 2.24) is 10.5 Å². The molecule has 0 bridgehead atoms. The van der Waals surface area contributed by atoms with Crippen LogP contribution in [-0.2, 0) is 27.6 Å². The van der Waals surface area contributed by atoms with Gasteiger partial charge in [-0.05, 0) is 11.1 Å². The predicted molar refractivity (Wildman–Crippen MR) is 94.9 cm³/mol. The number of nitroso groups, excluding NO2 is 1. The molecule has 2 aromatic carbocycles. The molecule has 9 heteroatoms. The zero-order valence-electron chi connectivity index (χ0n) is 14.4. The molecule has 27 heavy (non-hydrogen) atoms. The molecule has 1 atom stereocenters. The number of hydroxylamine groups is 1. The Bertz CT molecular complexity index is 741. The second kappa shape index (κ2) is 10.5. The van der Waals surface area contributed by atoms with E-state index < -0.39 is 24.6 Å². The van der Waals surface area contributed by atoms with Crippen LogP contribution < -0.4 is 5.32 Å². The molecule has 0 aromatic heterocycles. The van der Waals surface area contributed by atoms with E-state index in [0.717, 1.165) is 11.1 Å². The van der Waals surface area contributed by atoms with Crippen LogP contribution in [0.4, 0.5) is 4.79 Å². The molecule has 0 radical (unpaired) electrons. The van der Waals surface area contributed by atoms with E-state index in [9.17, 15) is 19.6 Å². The topological polar surface area (TPSA) is 118 Å². The Kier molecular flexibility index (Phi) is 7.73. The average molecular weight is 373 g/mol. The first-order valence-corrected chi connectivity index (χ1v) is 8.06. The van der Waals surface area contributed by atoms with Crippen LogP contribution in [0.25, 0.3) is 0 Å².